The lowest BCUT2D eigenvalue weighted by Gasteiger charge is -2.24. The normalized spacial score (nSPS) is 11.0. The molecule has 1 aromatic carbocycles. The van der Waals surface area contributed by atoms with Crippen LogP contribution in [0.2, 0.25) is 0 Å². The summed E-state index contributed by atoms with van der Waals surface area (Å²) in [6.45, 7) is 4.38. The first-order valence-corrected chi connectivity index (χ1v) is 8.24. The maximum Gasteiger partial charge on any atom is 0.176 e. The van der Waals surface area contributed by atoms with Crippen LogP contribution in [0, 0.1) is 25.2 Å². The second-order valence-electron chi connectivity index (χ2n) is 5.14. The van der Waals surface area contributed by atoms with Crippen molar-refractivity contribution in [3.05, 3.63) is 35.0 Å². The highest BCUT2D eigenvalue weighted by atomic mass is 32.1. The first kappa shape index (κ1) is 18.0. The van der Waals surface area contributed by atoms with Crippen LogP contribution in [0.4, 0.5) is 16.4 Å². The van der Waals surface area contributed by atoms with E-state index in [1.54, 1.807) is 6.92 Å². The average Bonchev–Trinajstić information content (AvgIpc) is 2.93. The van der Waals surface area contributed by atoms with Crippen molar-refractivity contribution in [1.82, 2.24) is 4.37 Å². The van der Waals surface area contributed by atoms with Gasteiger partial charge in [0.05, 0.1) is 24.6 Å². The van der Waals surface area contributed by atoms with E-state index in [0.29, 0.717) is 35.0 Å². The molecule has 0 saturated heterocycles. The van der Waals surface area contributed by atoms with Gasteiger partial charge in [0.1, 0.15) is 17.3 Å². The van der Waals surface area contributed by atoms with Crippen LogP contribution >= 0.6 is 11.5 Å². The highest BCUT2D eigenvalue weighted by Gasteiger charge is 2.14. The van der Waals surface area contributed by atoms with E-state index in [1.807, 2.05) is 30.0 Å². The molecule has 0 saturated carbocycles. The second-order valence-corrected chi connectivity index (χ2v) is 5.89. The lowest BCUT2D eigenvalue weighted by molar-refractivity contribution is 0.281. The molecule has 0 aliphatic rings. The zero-order chi connectivity index (χ0) is 17.5. The Morgan fingerprint density at radius 1 is 1.21 bits per heavy atom. The molecular formula is C16H19N5O2S. The van der Waals surface area contributed by atoms with Crippen molar-refractivity contribution in [2.24, 2.45) is 10.2 Å². The predicted molar refractivity (Wildman–Crippen MR) is 93.3 cm³/mol. The first-order valence-electron chi connectivity index (χ1n) is 7.46. The number of aryl methyl sites for hydroxylation is 2. The van der Waals surface area contributed by atoms with E-state index in [9.17, 15) is 15.5 Å². The average molecular weight is 345 g/mol. The highest BCUT2D eigenvalue weighted by molar-refractivity contribution is 7.10. The molecule has 7 nitrogen and oxygen atoms in total. The zero-order valence-corrected chi connectivity index (χ0v) is 14.4. The second kappa shape index (κ2) is 8.49. The van der Waals surface area contributed by atoms with E-state index in [4.69, 9.17) is 0 Å². The lowest BCUT2D eigenvalue weighted by atomic mass is 10.1. The van der Waals surface area contributed by atoms with Gasteiger partial charge in [-0.2, -0.15) is 9.64 Å². The molecule has 0 aliphatic carbocycles. The molecule has 0 amide bonds. The number of azo groups is 1. The Bertz CT molecular complexity index is 760. The van der Waals surface area contributed by atoms with Gasteiger partial charge < -0.3 is 15.1 Å². The molecule has 0 atom stereocenters. The third kappa shape index (κ3) is 3.94. The summed E-state index contributed by atoms with van der Waals surface area (Å²) in [7, 11) is 0. The largest absolute Gasteiger partial charge is 0.395 e. The Morgan fingerprint density at radius 3 is 2.54 bits per heavy atom. The smallest absolute Gasteiger partial charge is 0.176 e. The van der Waals surface area contributed by atoms with Crippen molar-refractivity contribution in [3.8, 4) is 6.07 Å². The third-order valence-electron chi connectivity index (χ3n) is 3.49. The molecule has 0 spiro atoms. The van der Waals surface area contributed by atoms with Crippen LogP contribution in [0.5, 0.6) is 0 Å². The highest BCUT2D eigenvalue weighted by Crippen LogP contribution is 2.35. The van der Waals surface area contributed by atoms with E-state index >= 15 is 0 Å². The quantitative estimate of drug-likeness (QED) is 0.751. The van der Waals surface area contributed by atoms with Gasteiger partial charge in [-0.25, -0.2) is 0 Å². The van der Waals surface area contributed by atoms with Gasteiger partial charge >= 0.3 is 0 Å². The molecule has 24 heavy (non-hydrogen) atoms. The van der Waals surface area contributed by atoms with Crippen LogP contribution in [0.1, 0.15) is 16.8 Å². The van der Waals surface area contributed by atoms with Crippen LogP contribution in [-0.4, -0.2) is 40.9 Å². The minimum Gasteiger partial charge on any atom is -0.395 e. The SMILES string of the molecule is Cc1cccc(N(CCO)CCO)c1N=Nc1snc(C)c1C#N. The van der Waals surface area contributed by atoms with Gasteiger partial charge in [-0.1, -0.05) is 12.1 Å². The Labute approximate surface area is 144 Å². The first-order chi connectivity index (χ1) is 11.6. The van der Waals surface area contributed by atoms with Crippen LogP contribution < -0.4 is 4.90 Å². The number of hydrogen-bond acceptors (Lipinski definition) is 8. The van der Waals surface area contributed by atoms with Crippen molar-refractivity contribution in [2.45, 2.75) is 13.8 Å². The van der Waals surface area contributed by atoms with Gasteiger partial charge in [-0.15, -0.1) is 10.2 Å². The van der Waals surface area contributed by atoms with E-state index in [0.717, 1.165) is 22.8 Å². The van der Waals surface area contributed by atoms with Gasteiger partial charge in [0.25, 0.3) is 0 Å². The maximum atomic E-state index is 9.24. The Balaban J connectivity index is 2.42. The molecule has 0 fully saturated rings. The Morgan fingerprint density at radius 2 is 1.92 bits per heavy atom. The van der Waals surface area contributed by atoms with Gasteiger partial charge in [-0.05, 0) is 37.0 Å². The fraction of sp³-hybridized carbons (Fsp3) is 0.375. The van der Waals surface area contributed by atoms with Gasteiger partial charge in [0.15, 0.2) is 5.00 Å². The molecule has 0 radical (unpaired) electrons. The number of benzene rings is 1. The third-order valence-corrected chi connectivity index (χ3v) is 4.32. The summed E-state index contributed by atoms with van der Waals surface area (Å²) in [5, 5.41) is 36.7. The van der Waals surface area contributed by atoms with Crippen molar-refractivity contribution < 1.29 is 10.2 Å². The number of rotatable bonds is 7. The fourth-order valence-corrected chi connectivity index (χ4v) is 2.95. The number of hydrogen-bond donors (Lipinski definition) is 2. The number of nitriles is 1. The molecular weight excluding hydrogens is 326 g/mol. The number of anilines is 1. The monoisotopic (exact) mass is 345 g/mol. The molecule has 0 unspecified atom stereocenters. The van der Waals surface area contributed by atoms with Crippen LogP contribution in [0.3, 0.4) is 0 Å². The molecule has 0 aliphatic heterocycles. The van der Waals surface area contributed by atoms with Crippen LogP contribution in [0.15, 0.2) is 28.4 Å². The number of aliphatic hydroxyl groups excluding tert-OH is 2. The fourth-order valence-electron chi connectivity index (χ4n) is 2.27. The van der Waals surface area contributed by atoms with Crippen molar-refractivity contribution in [1.29, 1.82) is 5.26 Å². The summed E-state index contributed by atoms with van der Waals surface area (Å²) in [6.07, 6.45) is 0. The Kier molecular flexibility index (Phi) is 6.37. The number of aliphatic hydroxyl groups is 2. The topological polar surface area (TPSA) is 105 Å². The van der Waals surface area contributed by atoms with Crippen LogP contribution in [-0.2, 0) is 0 Å². The number of aromatic nitrogens is 1. The summed E-state index contributed by atoms with van der Waals surface area (Å²) in [6, 6.07) is 7.77. The molecule has 1 aromatic heterocycles. The van der Waals surface area contributed by atoms with E-state index in [1.165, 1.54) is 0 Å². The zero-order valence-electron chi connectivity index (χ0n) is 13.6. The van der Waals surface area contributed by atoms with Crippen molar-refractivity contribution >= 4 is 27.9 Å². The van der Waals surface area contributed by atoms with E-state index in [2.05, 4.69) is 20.7 Å². The standard InChI is InChI=1S/C16H19N5O2S/c1-11-4-3-5-14(21(6-8-22)7-9-23)15(11)18-19-16-13(10-17)12(2)20-24-16/h3-5,22-23H,6-9H2,1-2H3. The summed E-state index contributed by atoms with van der Waals surface area (Å²) < 4.78 is 4.13. The summed E-state index contributed by atoms with van der Waals surface area (Å²) in [5.41, 5.74) is 3.41. The Hall–Kier alpha value is -2.34. The van der Waals surface area contributed by atoms with Crippen LogP contribution in [0.25, 0.3) is 0 Å². The van der Waals surface area contributed by atoms with Gasteiger partial charge in [0.2, 0.25) is 0 Å². The lowest BCUT2D eigenvalue weighted by Crippen LogP contribution is -2.29. The summed E-state index contributed by atoms with van der Waals surface area (Å²) >= 11 is 1.13. The van der Waals surface area contributed by atoms with E-state index in [-0.39, 0.29) is 13.2 Å². The molecule has 126 valence electrons. The molecule has 2 rings (SSSR count). The van der Waals surface area contributed by atoms with E-state index < -0.39 is 0 Å². The van der Waals surface area contributed by atoms with Gasteiger partial charge in [-0.3, -0.25) is 0 Å². The molecule has 8 heteroatoms. The van der Waals surface area contributed by atoms with Crippen molar-refractivity contribution in [2.75, 3.05) is 31.2 Å². The molecule has 0 bridgehead atoms. The maximum absolute atomic E-state index is 9.24. The predicted octanol–water partition coefficient (Wildman–Crippen LogP) is 2.84. The summed E-state index contributed by atoms with van der Waals surface area (Å²) in [4.78, 5) is 1.85. The minimum atomic E-state index is -0.0306. The van der Waals surface area contributed by atoms with Gasteiger partial charge in [0, 0.05) is 13.1 Å². The minimum absolute atomic E-state index is 0.0306. The molecule has 2 aromatic rings. The summed E-state index contributed by atoms with van der Waals surface area (Å²) in [5.74, 6) is 0. The van der Waals surface area contributed by atoms with Crippen molar-refractivity contribution in [3.63, 3.8) is 0 Å². The molecule has 2 N–H and O–H groups in total. The molecule has 1 heterocycles. The number of nitrogens with zero attached hydrogens (tertiary/aromatic N) is 5.